The molecule has 0 aliphatic carbocycles. The summed E-state index contributed by atoms with van der Waals surface area (Å²) in [4.78, 5) is 8.11. The molecule has 4 N–H and O–H groups in total. The topological polar surface area (TPSA) is 95.2 Å². The van der Waals surface area contributed by atoms with Crippen molar-refractivity contribution < 1.29 is 22.6 Å². The van der Waals surface area contributed by atoms with Crippen LogP contribution in [0.2, 0.25) is 5.02 Å². The van der Waals surface area contributed by atoms with Crippen molar-refractivity contribution in [1.29, 1.82) is 0 Å². The molecule has 2 heterocycles. The molecule has 2 aromatic rings. The molecule has 0 aromatic heterocycles. The molecule has 0 spiro atoms. The number of benzene rings is 2. The van der Waals surface area contributed by atoms with Gasteiger partial charge in [0.15, 0.2) is 0 Å². The summed E-state index contributed by atoms with van der Waals surface area (Å²) in [6.45, 7) is 4.49. The number of nitrogens with zero attached hydrogens (tertiary/aromatic N) is 2. The maximum Gasteiger partial charge on any atom is 0.416 e. The smallest absolute Gasteiger partial charge is 0.416 e. The van der Waals surface area contributed by atoms with Crippen molar-refractivity contribution in [2.45, 2.75) is 31.6 Å². The lowest BCUT2D eigenvalue weighted by atomic mass is 9.93. The van der Waals surface area contributed by atoms with Gasteiger partial charge in [0.1, 0.15) is 24.8 Å². The molecule has 2 aliphatic rings. The number of ether oxygens (including phenoxy) is 2. The number of aryl methyl sites for hydroxylation is 1. The van der Waals surface area contributed by atoms with E-state index in [4.69, 9.17) is 32.5 Å². The zero-order valence-corrected chi connectivity index (χ0v) is 19.6. The van der Waals surface area contributed by atoms with Gasteiger partial charge in [0.05, 0.1) is 5.56 Å². The van der Waals surface area contributed by atoms with Gasteiger partial charge in [-0.2, -0.15) is 13.2 Å². The number of aliphatic imine (C=N–C) groups is 2. The standard InChI is InChI=1S/C11H13ClN2O.C10H8BrF3N2O/c1-7-5-8(3-4-9(7)12)11(2)6-15-10(13)14-11;11-5-1-2-6(7(3-5)10(12,13)14)8-4-17-9(15)16-8/h3-5H,6H2,1-2H3,(H2,13,14);1-3,8H,4H2,(H2,15,16)/t11-;/m1./s1. The molecule has 4 rings (SSSR count). The molecule has 2 aliphatic heterocycles. The van der Waals surface area contributed by atoms with Crippen molar-refractivity contribution >= 4 is 39.6 Å². The van der Waals surface area contributed by atoms with Crippen molar-refractivity contribution in [2.75, 3.05) is 13.2 Å². The van der Waals surface area contributed by atoms with Crippen LogP contribution in [0.15, 0.2) is 50.9 Å². The van der Waals surface area contributed by atoms with Crippen LogP contribution in [0.25, 0.3) is 0 Å². The van der Waals surface area contributed by atoms with Gasteiger partial charge in [-0.3, -0.25) is 0 Å². The molecule has 0 fully saturated rings. The Morgan fingerprint density at radius 1 is 1.12 bits per heavy atom. The fourth-order valence-corrected chi connectivity index (χ4v) is 3.74. The Bertz CT molecular complexity index is 1080. The average molecular weight is 534 g/mol. The SMILES string of the molecule is Cc1cc([C@@]2(C)COC(N)=N2)ccc1Cl.NC1=NC(c2ccc(Br)cc2C(F)(F)F)CO1. The van der Waals surface area contributed by atoms with E-state index >= 15 is 0 Å². The highest BCUT2D eigenvalue weighted by Crippen LogP contribution is 2.38. The molecule has 0 saturated heterocycles. The number of nitrogens with two attached hydrogens (primary N) is 2. The van der Waals surface area contributed by atoms with Crippen LogP contribution in [0.5, 0.6) is 0 Å². The van der Waals surface area contributed by atoms with Crippen molar-refractivity contribution in [3.63, 3.8) is 0 Å². The van der Waals surface area contributed by atoms with Crippen LogP contribution in [0.4, 0.5) is 13.2 Å². The molecule has 2 atom stereocenters. The van der Waals surface area contributed by atoms with Gasteiger partial charge in [0.2, 0.25) is 0 Å². The predicted octanol–water partition coefficient (Wildman–Crippen LogP) is 5.06. The van der Waals surface area contributed by atoms with Gasteiger partial charge in [-0.25, -0.2) is 9.98 Å². The molecular formula is C21H21BrClF3N4O2. The second-order valence-electron chi connectivity index (χ2n) is 7.50. The zero-order valence-electron chi connectivity index (χ0n) is 17.2. The lowest BCUT2D eigenvalue weighted by Crippen LogP contribution is -2.20. The largest absolute Gasteiger partial charge is 0.463 e. The minimum absolute atomic E-state index is 0.0382. The van der Waals surface area contributed by atoms with Crippen LogP contribution in [0.3, 0.4) is 0 Å². The van der Waals surface area contributed by atoms with E-state index in [-0.39, 0.29) is 29.8 Å². The van der Waals surface area contributed by atoms with E-state index in [1.807, 2.05) is 32.0 Å². The quantitative estimate of drug-likeness (QED) is 0.564. The molecule has 1 unspecified atom stereocenters. The highest BCUT2D eigenvalue weighted by atomic mass is 79.9. The number of hydrogen-bond acceptors (Lipinski definition) is 6. The van der Waals surface area contributed by atoms with Gasteiger partial charge < -0.3 is 20.9 Å². The van der Waals surface area contributed by atoms with Crippen LogP contribution in [-0.2, 0) is 21.2 Å². The van der Waals surface area contributed by atoms with E-state index in [0.717, 1.165) is 22.2 Å². The molecule has 0 radical (unpaired) electrons. The summed E-state index contributed by atoms with van der Waals surface area (Å²) in [5, 5.41) is 0.762. The molecule has 11 heteroatoms. The summed E-state index contributed by atoms with van der Waals surface area (Å²) in [5.74, 6) is 0. The van der Waals surface area contributed by atoms with Crippen LogP contribution in [0, 0.1) is 6.92 Å². The summed E-state index contributed by atoms with van der Waals surface area (Å²) >= 11 is 8.99. The van der Waals surface area contributed by atoms with Gasteiger partial charge in [-0.05, 0) is 48.7 Å². The van der Waals surface area contributed by atoms with E-state index in [1.165, 1.54) is 12.1 Å². The molecular weight excluding hydrogens is 513 g/mol. The first kappa shape index (κ1) is 24.2. The van der Waals surface area contributed by atoms with Gasteiger partial charge in [-0.1, -0.05) is 45.7 Å². The Labute approximate surface area is 196 Å². The van der Waals surface area contributed by atoms with E-state index in [1.54, 1.807) is 0 Å². The highest BCUT2D eigenvalue weighted by Gasteiger charge is 2.36. The molecule has 172 valence electrons. The lowest BCUT2D eigenvalue weighted by molar-refractivity contribution is -0.138. The van der Waals surface area contributed by atoms with Gasteiger partial charge in [0.25, 0.3) is 12.0 Å². The molecule has 32 heavy (non-hydrogen) atoms. The second kappa shape index (κ2) is 9.19. The Kier molecular flexibility index (Phi) is 6.94. The van der Waals surface area contributed by atoms with Crippen LogP contribution in [-0.4, -0.2) is 25.3 Å². The number of hydrogen-bond donors (Lipinski definition) is 2. The van der Waals surface area contributed by atoms with Gasteiger partial charge in [0, 0.05) is 9.50 Å². The first-order chi connectivity index (χ1) is 14.9. The van der Waals surface area contributed by atoms with Crippen molar-refractivity contribution in [3.05, 3.63) is 68.1 Å². The fourth-order valence-electron chi connectivity index (χ4n) is 3.27. The predicted molar refractivity (Wildman–Crippen MR) is 121 cm³/mol. The Hall–Kier alpha value is -2.46. The van der Waals surface area contributed by atoms with Gasteiger partial charge >= 0.3 is 6.18 Å². The molecule has 2 aromatic carbocycles. The molecule has 0 amide bonds. The zero-order chi connectivity index (χ0) is 23.7. The fraction of sp³-hybridized carbons (Fsp3) is 0.333. The summed E-state index contributed by atoms with van der Waals surface area (Å²) in [5.41, 5.74) is 11.9. The third-order valence-corrected chi connectivity index (χ3v) is 5.91. The van der Waals surface area contributed by atoms with E-state index in [2.05, 4.69) is 25.9 Å². The van der Waals surface area contributed by atoms with E-state index in [0.29, 0.717) is 11.1 Å². The number of amidine groups is 2. The summed E-state index contributed by atoms with van der Waals surface area (Å²) < 4.78 is 48.9. The molecule has 0 saturated carbocycles. The number of halogens is 5. The van der Waals surface area contributed by atoms with Crippen molar-refractivity contribution in [3.8, 4) is 0 Å². The van der Waals surface area contributed by atoms with Crippen molar-refractivity contribution in [1.82, 2.24) is 0 Å². The summed E-state index contributed by atoms with van der Waals surface area (Å²) in [7, 11) is 0. The summed E-state index contributed by atoms with van der Waals surface area (Å²) in [6.07, 6.45) is -4.42. The third kappa shape index (κ3) is 5.47. The van der Waals surface area contributed by atoms with Gasteiger partial charge in [-0.15, -0.1) is 0 Å². The minimum Gasteiger partial charge on any atom is -0.463 e. The summed E-state index contributed by atoms with van der Waals surface area (Å²) in [6, 6.07) is 9.28. The monoisotopic (exact) mass is 532 g/mol. The first-order valence-corrected chi connectivity index (χ1v) is 10.6. The number of rotatable bonds is 2. The second-order valence-corrected chi connectivity index (χ2v) is 8.82. The van der Waals surface area contributed by atoms with E-state index in [9.17, 15) is 13.2 Å². The maximum atomic E-state index is 12.8. The first-order valence-electron chi connectivity index (χ1n) is 9.46. The third-order valence-electron chi connectivity index (χ3n) is 4.99. The Morgan fingerprint density at radius 3 is 2.38 bits per heavy atom. The number of alkyl halides is 3. The lowest BCUT2D eigenvalue weighted by Gasteiger charge is -2.19. The van der Waals surface area contributed by atoms with Crippen LogP contribution < -0.4 is 11.5 Å². The average Bonchev–Trinajstić information content (AvgIpc) is 3.29. The Morgan fingerprint density at radius 2 is 1.84 bits per heavy atom. The maximum absolute atomic E-state index is 12.8. The van der Waals surface area contributed by atoms with Crippen LogP contribution in [0.1, 0.15) is 35.2 Å². The molecule has 6 nitrogen and oxygen atoms in total. The minimum atomic E-state index is -4.42. The van der Waals surface area contributed by atoms with Crippen LogP contribution >= 0.6 is 27.5 Å². The normalized spacial score (nSPS) is 22.3. The molecule has 0 bridgehead atoms. The van der Waals surface area contributed by atoms with E-state index < -0.39 is 17.8 Å². The van der Waals surface area contributed by atoms with Crippen molar-refractivity contribution in [2.24, 2.45) is 21.5 Å². The highest BCUT2D eigenvalue weighted by molar-refractivity contribution is 9.10. The Balaban J connectivity index is 0.000000182.